The van der Waals surface area contributed by atoms with Crippen LogP contribution in [0.25, 0.3) is 0 Å². The number of halogens is 3. The number of hydrogen-bond acceptors (Lipinski definition) is 5. The van der Waals surface area contributed by atoms with Crippen molar-refractivity contribution in [3.63, 3.8) is 0 Å². The Balaban J connectivity index is 1.75. The van der Waals surface area contributed by atoms with Crippen molar-refractivity contribution in [1.82, 2.24) is 10.6 Å². The SMILES string of the molecule is C[C@@](C#N)(NC(=O)COC(=O)CNC(=O)c1ccc(C(F)(F)F)cc1)C1CC1. The zero-order valence-corrected chi connectivity index (χ0v) is 14.9. The molecule has 28 heavy (non-hydrogen) atoms. The van der Waals surface area contributed by atoms with E-state index in [1.54, 1.807) is 6.92 Å². The average molecular weight is 397 g/mol. The molecule has 0 heterocycles. The fourth-order valence-corrected chi connectivity index (χ4v) is 2.47. The van der Waals surface area contributed by atoms with E-state index in [1.165, 1.54) is 0 Å². The first-order chi connectivity index (χ1) is 13.0. The van der Waals surface area contributed by atoms with Gasteiger partial charge in [-0.3, -0.25) is 14.4 Å². The third kappa shape index (κ3) is 5.70. The van der Waals surface area contributed by atoms with Gasteiger partial charge >= 0.3 is 12.1 Å². The molecule has 1 aromatic carbocycles. The minimum Gasteiger partial charge on any atom is -0.454 e. The van der Waals surface area contributed by atoms with Gasteiger partial charge in [-0.15, -0.1) is 0 Å². The van der Waals surface area contributed by atoms with Crippen molar-refractivity contribution in [1.29, 1.82) is 5.26 Å². The summed E-state index contributed by atoms with van der Waals surface area (Å²) in [5, 5.41) is 13.9. The second-order valence-corrected chi connectivity index (χ2v) is 6.56. The lowest BCUT2D eigenvalue weighted by Crippen LogP contribution is -2.48. The quantitative estimate of drug-likeness (QED) is 0.682. The van der Waals surface area contributed by atoms with Gasteiger partial charge in [-0.2, -0.15) is 18.4 Å². The number of nitriles is 1. The van der Waals surface area contributed by atoms with Gasteiger partial charge in [0, 0.05) is 5.56 Å². The summed E-state index contributed by atoms with van der Waals surface area (Å²) >= 11 is 0. The van der Waals surface area contributed by atoms with Crippen LogP contribution in [0.2, 0.25) is 0 Å². The van der Waals surface area contributed by atoms with E-state index in [-0.39, 0.29) is 11.5 Å². The average Bonchev–Trinajstić information content (AvgIpc) is 3.49. The topological polar surface area (TPSA) is 108 Å². The lowest BCUT2D eigenvalue weighted by atomic mass is 9.98. The summed E-state index contributed by atoms with van der Waals surface area (Å²) in [6, 6.07) is 5.51. The van der Waals surface area contributed by atoms with E-state index >= 15 is 0 Å². The molecule has 1 aliphatic carbocycles. The van der Waals surface area contributed by atoms with Gasteiger partial charge < -0.3 is 15.4 Å². The number of rotatable bonds is 7. The maximum absolute atomic E-state index is 12.5. The highest BCUT2D eigenvalue weighted by Crippen LogP contribution is 2.39. The molecule has 0 aliphatic heterocycles. The zero-order chi connectivity index (χ0) is 20.9. The van der Waals surface area contributed by atoms with Crippen molar-refractivity contribution in [2.24, 2.45) is 5.92 Å². The number of nitrogens with zero attached hydrogens (tertiary/aromatic N) is 1. The van der Waals surface area contributed by atoms with Crippen molar-refractivity contribution in [3.05, 3.63) is 35.4 Å². The van der Waals surface area contributed by atoms with E-state index in [2.05, 4.69) is 10.6 Å². The molecule has 1 aromatic rings. The Morgan fingerprint density at radius 3 is 2.32 bits per heavy atom. The van der Waals surface area contributed by atoms with Crippen LogP contribution in [0.1, 0.15) is 35.7 Å². The van der Waals surface area contributed by atoms with Crippen LogP contribution in [0.5, 0.6) is 0 Å². The van der Waals surface area contributed by atoms with Crippen LogP contribution in [-0.4, -0.2) is 36.5 Å². The number of esters is 1. The fourth-order valence-electron chi connectivity index (χ4n) is 2.47. The van der Waals surface area contributed by atoms with Crippen molar-refractivity contribution >= 4 is 17.8 Å². The summed E-state index contributed by atoms with van der Waals surface area (Å²) in [6.45, 7) is 0.416. The van der Waals surface area contributed by atoms with Crippen LogP contribution < -0.4 is 10.6 Å². The first kappa shape index (κ1) is 21.2. The predicted octanol–water partition coefficient (Wildman–Crippen LogP) is 1.79. The molecule has 2 rings (SSSR count). The molecule has 150 valence electrons. The standard InChI is InChI=1S/C18H18F3N3O4/c1-17(10-22,12-6-7-12)24-14(25)9-28-15(26)8-23-16(27)11-2-4-13(5-3-11)18(19,20)21/h2-5,12H,6-9H2,1H3,(H,23,27)(H,24,25)/t17-/m0/s1. The van der Waals surface area contributed by atoms with E-state index in [0.717, 1.165) is 37.1 Å². The molecule has 10 heteroatoms. The third-order valence-electron chi connectivity index (χ3n) is 4.26. The first-order valence-corrected chi connectivity index (χ1v) is 8.38. The van der Waals surface area contributed by atoms with Crippen molar-refractivity contribution in [2.45, 2.75) is 31.5 Å². The van der Waals surface area contributed by atoms with E-state index in [4.69, 9.17) is 10.00 Å². The van der Waals surface area contributed by atoms with Gasteiger partial charge in [-0.1, -0.05) is 0 Å². The largest absolute Gasteiger partial charge is 0.454 e. The molecule has 0 saturated heterocycles. The van der Waals surface area contributed by atoms with Crippen molar-refractivity contribution < 1.29 is 32.3 Å². The second kappa shape index (κ2) is 8.29. The summed E-state index contributed by atoms with van der Waals surface area (Å²) in [7, 11) is 0. The normalized spacial score (nSPS) is 15.7. The molecule has 1 saturated carbocycles. The van der Waals surface area contributed by atoms with Crippen molar-refractivity contribution in [3.8, 4) is 6.07 Å². The Morgan fingerprint density at radius 2 is 1.82 bits per heavy atom. The number of benzene rings is 1. The maximum Gasteiger partial charge on any atom is 0.416 e. The van der Waals surface area contributed by atoms with Gasteiger partial charge in [0.2, 0.25) is 0 Å². The van der Waals surface area contributed by atoms with Gasteiger partial charge in [-0.05, 0) is 49.9 Å². The lowest BCUT2D eigenvalue weighted by molar-refractivity contribution is -0.147. The van der Waals surface area contributed by atoms with E-state index < -0.39 is 48.2 Å². The summed E-state index contributed by atoms with van der Waals surface area (Å²) in [5.74, 6) is -2.24. The van der Waals surface area contributed by atoms with Crippen LogP contribution in [0.15, 0.2) is 24.3 Å². The van der Waals surface area contributed by atoms with Crippen LogP contribution in [-0.2, 0) is 20.5 Å². The zero-order valence-electron chi connectivity index (χ0n) is 14.9. The number of amides is 2. The Hall–Kier alpha value is -3.09. The Kier molecular flexibility index (Phi) is 6.28. The molecule has 0 unspecified atom stereocenters. The fraction of sp³-hybridized carbons (Fsp3) is 0.444. The molecule has 0 bridgehead atoms. The monoisotopic (exact) mass is 397 g/mol. The summed E-state index contributed by atoms with van der Waals surface area (Å²) in [6.07, 6.45) is -2.85. The van der Waals surface area contributed by atoms with Gasteiger partial charge in [-0.25, -0.2) is 0 Å². The molecular weight excluding hydrogens is 379 g/mol. The highest BCUT2D eigenvalue weighted by Gasteiger charge is 2.43. The highest BCUT2D eigenvalue weighted by atomic mass is 19.4. The maximum atomic E-state index is 12.5. The van der Waals surface area contributed by atoms with Gasteiger partial charge in [0.25, 0.3) is 11.8 Å². The molecule has 0 aromatic heterocycles. The Morgan fingerprint density at radius 1 is 1.21 bits per heavy atom. The van der Waals surface area contributed by atoms with Gasteiger partial charge in [0.1, 0.15) is 12.1 Å². The number of ether oxygens (including phenoxy) is 1. The van der Waals surface area contributed by atoms with Crippen LogP contribution in [0.3, 0.4) is 0 Å². The van der Waals surface area contributed by atoms with Crippen molar-refractivity contribution in [2.75, 3.05) is 13.2 Å². The number of carbonyl (C=O) groups excluding carboxylic acids is 3. The minimum atomic E-state index is -4.51. The molecule has 1 aliphatic rings. The summed E-state index contributed by atoms with van der Waals surface area (Å²) in [5.41, 5.74) is -1.97. The summed E-state index contributed by atoms with van der Waals surface area (Å²) in [4.78, 5) is 35.3. The summed E-state index contributed by atoms with van der Waals surface area (Å²) < 4.78 is 42.2. The molecular formula is C18H18F3N3O4. The van der Waals surface area contributed by atoms with E-state index in [0.29, 0.717) is 0 Å². The van der Waals surface area contributed by atoms with Gasteiger partial charge in [0.15, 0.2) is 6.61 Å². The first-order valence-electron chi connectivity index (χ1n) is 8.38. The Labute approximate surface area is 158 Å². The molecule has 2 N–H and O–H groups in total. The molecule has 0 radical (unpaired) electrons. The number of carbonyl (C=O) groups is 3. The van der Waals surface area contributed by atoms with E-state index in [9.17, 15) is 27.6 Å². The smallest absolute Gasteiger partial charge is 0.416 e. The third-order valence-corrected chi connectivity index (χ3v) is 4.26. The molecule has 7 nitrogen and oxygen atoms in total. The number of hydrogen-bond donors (Lipinski definition) is 2. The second-order valence-electron chi connectivity index (χ2n) is 6.56. The minimum absolute atomic E-state index is 0.0623. The predicted molar refractivity (Wildman–Crippen MR) is 89.6 cm³/mol. The molecule has 1 atom stereocenters. The van der Waals surface area contributed by atoms with E-state index in [1.807, 2.05) is 6.07 Å². The van der Waals surface area contributed by atoms with Gasteiger partial charge in [0.05, 0.1) is 11.6 Å². The number of nitrogens with one attached hydrogen (secondary N) is 2. The highest BCUT2D eigenvalue weighted by molar-refractivity contribution is 5.96. The Bertz CT molecular complexity index is 798. The molecule has 1 fully saturated rings. The number of alkyl halides is 3. The van der Waals surface area contributed by atoms with Crippen LogP contribution in [0, 0.1) is 17.2 Å². The van der Waals surface area contributed by atoms with Crippen LogP contribution >= 0.6 is 0 Å². The molecule has 2 amide bonds. The van der Waals surface area contributed by atoms with Crippen LogP contribution in [0.4, 0.5) is 13.2 Å². The molecule has 0 spiro atoms. The lowest BCUT2D eigenvalue weighted by Gasteiger charge is -2.22.